The van der Waals surface area contributed by atoms with Crippen LogP contribution in [0, 0.1) is 0 Å². The van der Waals surface area contributed by atoms with E-state index < -0.39 is 38.0 Å². The van der Waals surface area contributed by atoms with Crippen LogP contribution in [0.1, 0.15) is 32.1 Å². The number of aliphatic hydroxyl groups is 3. The number of hydrogen-bond acceptors (Lipinski definition) is 6. The highest BCUT2D eigenvalue weighted by Gasteiger charge is 2.55. The van der Waals surface area contributed by atoms with Gasteiger partial charge >= 0.3 is 7.82 Å². The van der Waals surface area contributed by atoms with Gasteiger partial charge in [-0.05, 0) is 12.8 Å². The minimum atomic E-state index is -4.80. The minimum Gasteiger partial charge on any atom is -0.390 e. The monoisotopic (exact) mass is 298 g/mol. The summed E-state index contributed by atoms with van der Waals surface area (Å²) >= 11 is 0. The second kappa shape index (κ2) is 5.05. The summed E-state index contributed by atoms with van der Waals surface area (Å²) in [6.07, 6.45) is 0.273. The standard InChI is InChI=1S/C10H19O8P/c11-7-5-9(3-1-2-4-9)18-10(13,8(7)12)6-17-19(14,15)16/h7-8,11-13H,1-6H2,(H2,14,15,16)/t7-,8+,10-/m0/s1. The highest BCUT2D eigenvalue weighted by molar-refractivity contribution is 7.46. The summed E-state index contributed by atoms with van der Waals surface area (Å²) in [5, 5.41) is 29.8. The topological polar surface area (TPSA) is 137 Å². The summed E-state index contributed by atoms with van der Waals surface area (Å²) < 4.78 is 20.4. The first-order valence-electron chi connectivity index (χ1n) is 6.15. The third-order valence-corrected chi connectivity index (χ3v) is 4.22. The molecule has 0 radical (unpaired) electrons. The van der Waals surface area contributed by atoms with Crippen LogP contribution in [0.5, 0.6) is 0 Å². The average molecular weight is 298 g/mol. The predicted molar refractivity (Wildman–Crippen MR) is 61.9 cm³/mol. The van der Waals surface area contributed by atoms with Gasteiger partial charge in [0.2, 0.25) is 5.79 Å². The molecular weight excluding hydrogens is 279 g/mol. The molecule has 0 unspecified atom stereocenters. The van der Waals surface area contributed by atoms with Gasteiger partial charge in [0.25, 0.3) is 0 Å². The molecule has 8 nitrogen and oxygen atoms in total. The molecule has 2 fully saturated rings. The molecule has 1 aliphatic heterocycles. The normalized spacial score (nSPS) is 38.8. The van der Waals surface area contributed by atoms with Gasteiger partial charge in [-0.25, -0.2) is 4.57 Å². The van der Waals surface area contributed by atoms with Crippen molar-refractivity contribution in [1.82, 2.24) is 0 Å². The van der Waals surface area contributed by atoms with Gasteiger partial charge in [-0.3, -0.25) is 4.52 Å². The third kappa shape index (κ3) is 3.34. The summed E-state index contributed by atoms with van der Waals surface area (Å²) in [6.45, 7) is -0.906. The predicted octanol–water partition coefficient (Wildman–Crippen LogP) is -0.761. The number of hydrogen-bond donors (Lipinski definition) is 5. The molecule has 1 spiro atoms. The molecule has 1 saturated carbocycles. The molecule has 1 saturated heterocycles. The van der Waals surface area contributed by atoms with Crippen LogP contribution >= 0.6 is 7.82 Å². The van der Waals surface area contributed by atoms with E-state index >= 15 is 0 Å². The van der Waals surface area contributed by atoms with E-state index in [0.717, 1.165) is 12.8 Å². The lowest BCUT2D eigenvalue weighted by molar-refractivity contribution is -0.357. The molecule has 2 rings (SSSR count). The van der Waals surface area contributed by atoms with Crippen LogP contribution in [0.2, 0.25) is 0 Å². The maximum absolute atomic E-state index is 10.7. The van der Waals surface area contributed by atoms with E-state index in [1.807, 2.05) is 0 Å². The first-order chi connectivity index (χ1) is 8.66. The summed E-state index contributed by atoms with van der Waals surface area (Å²) in [7, 11) is -4.80. The van der Waals surface area contributed by atoms with Crippen LogP contribution in [-0.2, 0) is 13.8 Å². The zero-order chi connectivity index (χ0) is 14.3. The lowest BCUT2D eigenvalue weighted by Gasteiger charge is -2.48. The van der Waals surface area contributed by atoms with Crippen molar-refractivity contribution < 1.29 is 38.9 Å². The molecule has 1 aliphatic carbocycles. The maximum Gasteiger partial charge on any atom is 0.469 e. The summed E-state index contributed by atoms with van der Waals surface area (Å²) in [4.78, 5) is 17.3. The second-order valence-electron chi connectivity index (χ2n) is 5.32. The van der Waals surface area contributed by atoms with E-state index in [0.29, 0.717) is 12.8 Å². The summed E-state index contributed by atoms with van der Waals surface area (Å²) in [5.74, 6) is -2.32. The van der Waals surface area contributed by atoms with Gasteiger partial charge in [-0.1, -0.05) is 12.8 Å². The van der Waals surface area contributed by atoms with Crippen LogP contribution in [0.4, 0.5) is 0 Å². The van der Waals surface area contributed by atoms with Crippen molar-refractivity contribution in [2.45, 2.75) is 55.7 Å². The smallest absolute Gasteiger partial charge is 0.390 e. The van der Waals surface area contributed by atoms with Gasteiger partial charge in [0, 0.05) is 6.42 Å². The lowest BCUT2D eigenvalue weighted by atomic mass is 9.85. The van der Waals surface area contributed by atoms with E-state index in [1.165, 1.54) is 0 Å². The molecule has 112 valence electrons. The highest BCUT2D eigenvalue weighted by Crippen LogP contribution is 2.46. The largest absolute Gasteiger partial charge is 0.469 e. The van der Waals surface area contributed by atoms with Gasteiger partial charge < -0.3 is 29.8 Å². The van der Waals surface area contributed by atoms with E-state index in [-0.39, 0.29) is 6.42 Å². The van der Waals surface area contributed by atoms with Gasteiger partial charge in [0.1, 0.15) is 12.7 Å². The van der Waals surface area contributed by atoms with Crippen LogP contribution in [0.15, 0.2) is 0 Å². The molecule has 1 heterocycles. The molecular formula is C10H19O8P. The van der Waals surface area contributed by atoms with Gasteiger partial charge in [0.15, 0.2) is 0 Å². The Bertz CT molecular complexity index is 376. The highest BCUT2D eigenvalue weighted by atomic mass is 31.2. The van der Waals surface area contributed by atoms with Crippen molar-refractivity contribution in [3.63, 3.8) is 0 Å². The van der Waals surface area contributed by atoms with Crippen molar-refractivity contribution in [2.24, 2.45) is 0 Å². The fourth-order valence-corrected chi connectivity index (χ4v) is 3.24. The quantitative estimate of drug-likeness (QED) is 0.429. The Kier molecular flexibility index (Phi) is 4.08. The maximum atomic E-state index is 10.7. The Labute approximate surface area is 110 Å². The van der Waals surface area contributed by atoms with Gasteiger partial charge in [-0.15, -0.1) is 0 Å². The van der Waals surface area contributed by atoms with Crippen molar-refractivity contribution in [3.05, 3.63) is 0 Å². The Morgan fingerprint density at radius 3 is 2.37 bits per heavy atom. The number of ether oxygens (including phenoxy) is 1. The SMILES string of the molecule is O=P(O)(O)OC[C@]1(O)OC2(CCCC2)C[C@H](O)[C@H]1O. The van der Waals surface area contributed by atoms with Gasteiger partial charge in [-0.2, -0.15) is 0 Å². The van der Waals surface area contributed by atoms with E-state index in [2.05, 4.69) is 4.52 Å². The Balaban J connectivity index is 2.13. The summed E-state index contributed by atoms with van der Waals surface area (Å²) in [5.41, 5.74) is -0.758. The first kappa shape index (κ1) is 15.3. The minimum absolute atomic E-state index is 0.187. The first-order valence-corrected chi connectivity index (χ1v) is 7.68. The van der Waals surface area contributed by atoms with Crippen LogP contribution in [0.3, 0.4) is 0 Å². The number of aliphatic hydroxyl groups excluding tert-OH is 2. The second-order valence-corrected chi connectivity index (χ2v) is 6.56. The number of phosphoric ester groups is 1. The van der Waals surface area contributed by atoms with Crippen molar-refractivity contribution >= 4 is 7.82 Å². The van der Waals surface area contributed by atoms with Crippen molar-refractivity contribution in [2.75, 3.05) is 6.61 Å². The molecule has 0 aromatic carbocycles. The van der Waals surface area contributed by atoms with E-state index in [9.17, 15) is 19.9 Å². The molecule has 0 amide bonds. The third-order valence-electron chi connectivity index (χ3n) is 3.76. The number of phosphoric acid groups is 1. The molecule has 0 bridgehead atoms. The van der Waals surface area contributed by atoms with E-state index in [4.69, 9.17) is 14.5 Å². The Hall–Kier alpha value is -0.0500. The number of rotatable bonds is 3. The Morgan fingerprint density at radius 1 is 1.26 bits per heavy atom. The molecule has 19 heavy (non-hydrogen) atoms. The molecule has 3 atom stereocenters. The fourth-order valence-electron chi connectivity index (χ4n) is 2.89. The lowest BCUT2D eigenvalue weighted by Crippen LogP contribution is -2.63. The zero-order valence-electron chi connectivity index (χ0n) is 10.3. The van der Waals surface area contributed by atoms with Crippen LogP contribution < -0.4 is 0 Å². The van der Waals surface area contributed by atoms with Crippen LogP contribution in [0.25, 0.3) is 0 Å². The fraction of sp³-hybridized carbons (Fsp3) is 1.00. The molecule has 0 aromatic rings. The molecule has 2 aliphatic rings. The van der Waals surface area contributed by atoms with Crippen molar-refractivity contribution in [3.8, 4) is 0 Å². The van der Waals surface area contributed by atoms with Crippen LogP contribution in [-0.4, -0.2) is 55.3 Å². The molecule has 0 aromatic heterocycles. The van der Waals surface area contributed by atoms with Crippen molar-refractivity contribution in [1.29, 1.82) is 0 Å². The van der Waals surface area contributed by atoms with E-state index in [1.54, 1.807) is 0 Å². The Morgan fingerprint density at radius 2 is 1.84 bits per heavy atom. The average Bonchev–Trinajstić information content (AvgIpc) is 2.71. The summed E-state index contributed by atoms with van der Waals surface area (Å²) in [6, 6.07) is 0. The molecule has 9 heteroatoms. The van der Waals surface area contributed by atoms with Gasteiger partial charge in [0.05, 0.1) is 11.7 Å². The zero-order valence-corrected chi connectivity index (χ0v) is 11.2. The molecule has 5 N–H and O–H groups in total.